The Morgan fingerprint density at radius 2 is 2.06 bits per heavy atom. The minimum atomic E-state index is -0.695. The highest BCUT2D eigenvalue weighted by Gasteiger charge is 2.13. The second kappa shape index (κ2) is 5.52. The molecule has 1 aromatic carbocycles. The van der Waals surface area contributed by atoms with E-state index in [1.807, 2.05) is 32.0 Å². The highest BCUT2D eigenvalue weighted by molar-refractivity contribution is 5.38. The Balaban J connectivity index is 2.70. The fourth-order valence-corrected chi connectivity index (χ4v) is 1.57. The van der Waals surface area contributed by atoms with Gasteiger partial charge in [0.15, 0.2) is 0 Å². The van der Waals surface area contributed by atoms with Gasteiger partial charge in [0.25, 0.3) is 0 Å². The first-order chi connectivity index (χ1) is 7.79. The summed E-state index contributed by atoms with van der Waals surface area (Å²) in [5.74, 6) is 0.815. The average Bonchev–Trinajstić information content (AvgIpc) is 2.18. The lowest BCUT2D eigenvalue weighted by Gasteiger charge is -2.19. The molecule has 0 saturated heterocycles. The van der Waals surface area contributed by atoms with Crippen LogP contribution in [0.15, 0.2) is 18.2 Å². The Bertz CT molecular complexity index is 367. The maximum Gasteiger partial charge on any atom is 0.124 e. The number of nitrogens with two attached hydrogens (primary N) is 1. The summed E-state index contributed by atoms with van der Waals surface area (Å²) in [5.41, 5.74) is 7.40. The van der Waals surface area contributed by atoms with Gasteiger partial charge in [-0.25, -0.2) is 0 Å². The molecule has 0 aliphatic heterocycles. The molecule has 0 unspecified atom stereocenters. The molecule has 1 rings (SSSR count). The third-order valence-electron chi connectivity index (χ3n) is 2.63. The predicted molar refractivity (Wildman–Crippen MR) is 70.2 cm³/mol. The van der Waals surface area contributed by atoms with Gasteiger partial charge < -0.3 is 15.6 Å². The molecule has 0 aromatic heterocycles. The van der Waals surface area contributed by atoms with E-state index < -0.39 is 5.60 Å². The number of benzene rings is 1. The zero-order chi connectivity index (χ0) is 13.1. The maximum atomic E-state index is 9.61. The Labute approximate surface area is 104 Å². The van der Waals surface area contributed by atoms with E-state index >= 15 is 0 Å². The van der Waals surface area contributed by atoms with Crippen molar-refractivity contribution < 1.29 is 9.84 Å². The van der Waals surface area contributed by atoms with Crippen LogP contribution in [0, 0.1) is 6.92 Å². The van der Waals surface area contributed by atoms with Gasteiger partial charge in [-0.3, -0.25) is 0 Å². The summed E-state index contributed by atoms with van der Waals surface area (Å²) in [5, 5.41) is 9.61. The van der Waals surface area contributed by atoms with E-state index in [4.69, 9.17) is 10.5 Å². The summed E-state index contributed by atoms with van der Waals surface area (Å²) >= 11 is 0. The third-order valence-corrected chi connectivity index (χ3v) is 2.63. The second-order valence-electron chi connectivity index (χ2n) is 5.24. The standard InChI is InChI=1S/C14H23NO2/c1-10-5-6-13(12(9-10)11(2)15)17-8-7-14(3,4)16/h5-6,9,11,16H,7-8,15H2,1-4H3/t11-/m1/s1. The smallest absolute Gasteiger partial charge is 0.124 e. The van der Waals surface area contributed by atoms with Crippen LogP contribution in [-0.2, 0) is 0 Å². The lowest BCUT2D eigenvalue weighted by atomic mass is 10.0. The molecule has 3 heteroatoms. The third kappa shape index (κ3) is 4.75. The van der Waals surface area contributed by atoms with Crippen molar-refractivity contribution in [3.63, 3.8) is 0 Å². The normalized spacial score (nSPS) is 13.5. The molecule has 1 atom stereocenters. The van der Waals surface area contributed by atoms with Crippen LogP contribution in [0.2, 0.25) is 0 Å². The first kappa shape index (κ1) is 14.0. The van der Waals surface area contributed by atoms with Gasteiger partial charge in [-0.05, 0) is 33.8 Å². The molecule has 0 aliphatic carbocycles. The highest BCUT2D eigenvalue weighted by atomic mass is 16.5. The molecule has 1 aromatic rings. The SMILES string of the molecule is Cc1ccc(OCCC(C)(C)O)c([C@@H](C)N)c1. The van der Waals surface area contributed by atoms with E-state index in [1.165, 1.54) is 5.56 Å². The number of ether oxygens (including phenoxy) is 1. The van der Waals surface area contributed by atoms with Gasteiger partial charge >= 0.3 is 0 Å². The molecular formula is C14H23NO2. The van der Waals surface area contributed by atoms with Crippen molar-refractivity contribution in [3.05, 3.63) is 29.3 Å². The van der Waals surface area contributed by atoms with Crippen molar-refractivity contribution >= 4 is 0 Å². The van der Waals surface area contributed by atoms with Crippen LogP contribution in [-0.4, -0.2) is 17.3 Å². The molecular weight excluding hydrogens is 214 g/mol. The van der Waals surface area contributed by atoms with Crippen LogP contribution in [0.5, 0.6) is 5.75 Å². The van der Waals surface area contributed by atoms with Crippen LogP contribution >= 0.6 is 0 Å². The van der Waals surface area contributed by atoms with Gasteiger partial charge in [0.1, 0.15) is 5.75 Å². The van der Waals surface area contributed by atoms with Crippen molar-refractivity contribution in [2.45, 2.75) is 45.8 Å². The van der Waals surface area contributed by atoms with E-state index in [1.54, 1.807) is 13.8 Å². The van der Waals surface area contributed by atoms with Crippen molar-refractivity contribution in [2.24, 2.45) is 5.73 Å². The summed E-state index contributed by atoms with van der Waals surface area (Å²) in [7, 11) is 0. The number of hydrogen-bond donors (Lipinski definition) is 2. The summed E-state index contributed by atoms with van der Waals surface area (Å²) in [6.45, 7) is 8.02. The Kier molecular flexibility index (Phi) is 4.54. The fraction of sp³-hybridized carbons (Fsp3) is 0.571. The van der Waals surface area contributed by atoms with Crippen molar-refractivity contribution in [1.82, 2.24) is 0 Å². The van der Waals surface area contributed by atoms with Gasteiger partial charge in [-0.15, -0.1) is 0 Å². The summed E-state index contributed by atoms with van der Waals surface area (Å²) in [6, 6.07) is 5.94. The molecule has 3 nitrogen and oxygen atoms in total. The van der Waals surface area contributed by atoms with Crippen molar-refractivity contribution in [3.8, 4) is 5.75 Å². The first-order valence-electron chi connectivity index (χ1n) is 6.01. The number of aryl methyl sites for hydroxylation is 1. The molecule has 96 valence electrons. The maximum absolute atomic E-state index is 9.61. The van der Waals surface area contributed by atoms with Gasteiger partial charge in [0, 0.05) is 18.0 Å². The van der Waals surface area contributed by atoms with E-state index in [0.29, 0.717) is 13.0 Å². The van der Waals surface area contributed by atoms with Gasteiger partial charge in [-0.2, -0.15) is 0 Å². The zero-order valence-corrected chi connectivity index (χ0v) is 11.2. The topological polar surface area (TPSA) is 55.5 Å². The lowest BCUT2D eigenvalue weighted by molar-refractivity contribution is 0.0551. The van der Waals surface area contributed by atoms with E-state index in [0.717, 1.165) is 11.3 Å². The molecule has 3 N–H and O–H groups in total. The number of aliphatic hydroxyl groups is 1. The molecule has 17 heavy (non-hydrogen) atoms. The van der Waals surface area contributed by atoms with Crippen LogP contribution in [0.1, 0.15) is 44.4 Å². The molecule has 0 radical (unpaired) electrons. The average molecular weight is 237 g/mol. The Morgan fingerprint density at radius 1 is 1.41 bits per heavy atom. The van der Waals surface area contributed by atoms with Crippen LogP contribution in [0.3, 0.4) is 0 Å². The Hall–Kier alpha value is -1.06. The largest absolute Gasteiger partial charge is 0.493 e. The van der Waals surface area contributed by atoms with Crippen LogP contribution in [0.25, 0.3) is 0 Å². The minimum Gasteiger partial charge on any atom is -0.493 e. The van der Waals surface area contributed by atoms with Crippen LogP contribution in [0.4, 0.5) is 0 Å². The number of rotatable bonds is 5. The van der Waals surface area contributed by atoms with Crippen molar-refractivity contribution in [2.75, 3.05) is 6.61 Å². The minimum absolute atomic E-state index is 0.0490. The molecule has 0 amide bonds. The summed E-state index contributed by atoms with van der Waals surface area (Å²) in [6.07, 6.45) is 0.596. The van der Waals surface area contributed by atoms with Gasteiger partial charge in [-0.1, -0.05) is 17.7 Å². The first-order valence-corrected chi connectivity index (χ1v) is 6.01. The van der Waals surface area contributed by atoms with Crippen LogP contribution < -0.4 is 10.5 Å². The monoisotopic (exact) mass is 237 g/mol. The zero-order valence-electron chi connectivity index (χ0n) is 11.2. The molecule has 0 heterocycles. The molecule has 0 aliphatic rings. The van der Waals surface area contributed by atoms with E-state index in [-0.39, 0.29) is 6.04 Å². The molecule has 0 fully saturated rings. The predicted octanol–water partition coefficient (Wildman–Crippen LogP) is 2.55. The van der Waals surface area contributed by atoms with Gasteiger partial charge in [0.05, 0.1) is 12.2 Å². The molecule has 0 spiro atoms. The number of hydrogen-bond acceptors (Lipinski definition) is 3. The highest BCUT2D eigenvalue weighted by Crippen LogP contribution is 2.25. The quantitative estimate of drug-likeness (QED) is 0.827. The fourth-order valence-electron chi connectivity index (χ4n) is 1.57. The van der Waals surface area contributed by atoms with Gasteiger partial charge in [0.2, 0.25) is 0 Å². The van der Waals surface area contributed by atoms with E-state index in [9.17, 15) is 5.11 Å². The lowest BCUT2D eigenvalue weighted by Crippen LogP contribution is -2.22. The Morgan fingerprint density at radius 3 is 2.59 bits per heavy atom. The van der Waals surface area contributed by atoms with E-state index in [2.05, 4.69) is 0 Å². The summed E-state index contributed by atoms with van der Waals surface area (Å²) < 4.78 is 5.69. The van der Waals surface area contributed by atoms with Crippen molar-refractivity contribution in [1.29, 1.82) is 0 Å². The second-order valence-corrected chi connectivity index (χ2v) is 5.24. The molecule has 0 saturated carbocycles. The molecule has 0 bridgehead atoms. The summed E-state index contributed by atoms with van der Waals surface area (Å²) in [4.78, 5) is 0.